The van der Waals surface area contributed by atoms with Gasteiger partial charge in [0.15, 0.2) is 0 Å². The monoisotopic (exact) mass is 348 g/mol. The highest BCUT2D eigenvalue weighted by atomic mass is 32.1. The van der Waals surface area contributed by atoms with Crippen LogP contribution in [0.3, 0.4) is 0 Å². The van der Waals surface area contributed by atoms with Crippen molar-refractivity contribution in [2.45, 2.75) is 13.1 Å². The molecule has 0 aliphatic carbocycles. The van der Waals surface area contributed by atoms with E-state index in [1.807, 2.05) is 54.6 Å². The van der Waals surface area contributed by atoms with Crippen LogP contribution < -0.4 is 0 Å². The fraction of sp³-hybridized carbons (Fsp3) is 0.100. The first-order valence-electron chi connectivity index (χ1n) is 7.99. The molecule has 25 heavy (non-hydrogen) atoms. The summed E-state index contributed by atoms with van der Waals surface area (Å²) in [6.45, 7) is 0.913. The lowest BCUT2D eigenvalue weighted by Crippen LogP contribution is -2.29. The van der Waals surface area contributed by atoms with Gasteiger partial charge < -0.3 is 9.32 Å². The molecule has 0 fully saturated rings. The second-order valence-electron chi connectivity index (χ2n) is 5.75. The molecule has 1 aromatic carbocycles. The summed E-state index contributed by atoms with van der Waals surface area (Å²) in [6.07, 6.45) is 5.14. The minimum Gasteiger partial charge on any atom is -0.467 e. The predicted molar refractivity (Wildman–Crippen MR) is 98.3 cm³/mol. The van der Waals surface area contributed by atoms with Crippen LogP contribution in [0, 0.1) is 0 Å². The Kier molecular flexibility index (Phi) is 4.31. The molecule has 4 rings (SSSR count). The second kappa shape index (κ2) is 6.91. The number of thiophene rings is 1. The Labute approximate surface area is 149 Å². The van der Waals surface area contributed by atoms with E-state index in [1.54, 1.807) is 23.6 Å². The SMILES string of the molecule is O=C(c1cc2ccccc2s1)N(Cc1cccnc1)Cc1ccco1. The molecule has 0 saturated carbocycles. The van der Waals surface area contributed by atoms with E-state index >= 15 is 0 Å². The zero-order valence-corrected chi connectivity index (χ0v) is 14.3. The highest BCUT2D eigenvalue weighted by molar-refractivity contribution is 7.20. The van der Waals surface area contributed by atoms with Gasteiger partial charge >= 0.3 is 0 Å². The summed E-state index contributed by atoms with van der Waals surface area (Å²) in [7, 11) is 0. The number of carbonyl (C=O) groups is 1. The van der Waals surface area contributed by atoms with Crippen LogP contribution in [0.15, 0.2) is 77.7 Å². The van der Waals surface area contributed by atoms with Crippen LogP contribution in [0.5, 0.6) is 0 Å². The number of hydrogen-bond donors (Lipinski definition) is 0. The molecular formula is C20H16N2O2S. The van der Waals surface area contributed by atoms with Crippen LogP contribution in [-0.2, 0) is 13.1 Å². The van der Waals surface area contributed by atoms with Gasteiger partial charge in [-0.1, -0.05) is 24.3 Å². The number of amides is 1. The third kappa shape index (κ3) is 3.46. The standard InChI is InChI=1S/C20H16N2O2S/c23-20(19-11-16-6-1-2-8-18(16)25-19)22(14-17-7-4-10-24-17)13-15-5-3-9-21-12-15/h1-12H,13-14H2. The average Bonchev–Trinajstić information content (AvgIpc) is 3.30. The van der Waals surface area contributed by atoms with Crippen molar-refractivity contribution >= 4 is 27.3 Å². The van der Waals surface area contributed by atoms with E-state index in [4.69, 9.17) is 4.42 Å². The van der Waals surface area contributed by atoms with E-state index < -0.39 is 0 Å². The van der Waals surface area contributed by atoms with Gasteiger partial charge in [-0.05, 0) is 41.3 Å². The first-order chi connectivity index (χ1) is 12.3. The van der Waals surface area contributed by atoms with Gasteiger partial charge in [-0.3, -0.25) is 9.78 Å². The maximum Gasteiger partial charge on any atom is 0.264 e. The Hall–Kier alpha value is -2.92. The maximum atomic E-state index is 13.1. The van der Waals surface area contributed by atoms with Gasteiger partial charge in [0, 0.05) is 23.6 Å². The lowest BCUT2D eigenvalue weighted by Gasteiger charge is -2.21. The van der Waals surface area contributed by atoms with Gasteiger partial charge in [0.05, 0.1) is 17.7 Å². The van der Waals surface area contributed by atoms with Gasteiger partial charge in [-0.2, -0.15) is 0 Å². The Bertz CT molecular complexity index is 944. The molecule has 3 aromatic heterocycles. The third-order valence-corrected chi connectivity index (χ3v) is 5.05. The van der Waals surface area contributed by atoms with Crippen molar-refractivity contribution in [1.82, 2.24) is 9.88 Å². The summed E-state index contributed by atoms with van der Waals surface area (Å²) in [6, 6.07) is 17.6. The number of rotatable bonds is 5. The molecule has 0 saturated heterocycles. The van der Waals surface area contributed by atoms with Crippen molar-refractivity contribution in [2.75, 3.05) is 0 Å². The minimum absolute atomic E-state index is 0.00135. The first-order valence-corrected chi connectivity index (χ1v) is 8.80. The number of hydrogen-bond acceptors (Lipinski definition) is 4. The Morgan fingerprint density at radius 3 is 2.76 bits per heavy atom. The maximum absolute atomic E-state index is 13.1. The van der Waals surface area contributed by atoms with E-state index in [-0.39, 0.29) is 5.91 Å². The molecule has 0 unspecified atom stereocenters. The number of pyridine rings is 1. The normalized spacial score (nSPS) is 10.9. The third-order valence-electron chi connectivity index (χ3n) is 3.95. The number of benzene rings is 1. The molecule has 0 radical (unpaired) electrons. The summed E-state index contributed by atoms with van der Waals surface area (Å²) >= 11 is 1.52. The average molecular weight is 348 g/mol. The van der Waals surface area contributed by atoms with Crippen LogP contribution in [0.25, 0.3) is 10.1 Å². The molecule has 124 valence electrons. The lowest BCUT2D eigenvalue weighted by atomic mass is 10.2. The topological polar surface area (TPSA) is 46.3 Å². The van der Waals surface area contributed by atoms with Crippen LogP contribution >= 0.6 is 11.3 Å². The largest absolute Gasteiger partial charge is 0.467 e. The van der Waals surface area contributed by atoms with Crippen LogP contribution in [0.1, 0.15) is 21.0 Å². The highest BCUT2D eigenvalue weighted by Gasteiger charge is 2.20. The zero-order valence-electron chi connectivity index (χ0n) is 13.5. The van der Waals surface area contributed by atoms with Crippen LogP contribution in [-0.4, -0.2) is 15.8 Å². The van der Waals surface area contributed by atoms with Gasteiger partial charge in [-0.25, -0.2) is 0 Å². The molecule has 0 spiro atoms. The van der Waals surface area contributed by atoms with Crippen LogP contribution in [0.2, 0.25) is 0 Å². The summed E-state index contributed by atoms with van der Waals surface area (Å²) in [5.74, 6) is 0.764. The van der Waals surface area contributed by atoms with Gasteiger partial charge in [0.25, 0.3) is 5.91 Å². The summed E-state index contributed by atoms with van der Waals surface area (Å²) < 4.78 is 6.56. The van der Waals surface area contributed by atoms with Gasteiger partial charge in [0.1, 0.15) is 5.76 Å². The molecule has 0 bridgehead atoms. The summed E-state index contributed by atoms with van der Waals surface area (Å²) in [5, 5.41) is 1.09. The molecule has 0 N–H and O–H groups in total. The minimum atomic E-state index is 0.00135. The van der Waals surface area contributed by atoms with Crippen molar-refractivity contribution in [2.24, 2.45) is 0 Å². The first kappa shape index (κ1) is 15.6. The number of fused-ring (bicyclic) bond motifs is 1. The van der Waals surface area contributed by atoms with Crippen molar-refractivity contribution in [3.05, 3.63) is 89.5 Å². The molecule has 1 amide bonds. The van der Waals surface area contributed by atoms with E-state index in [2.05, 4.69) is 4.98 Å². The zero-order chi connectivity index (χ0) is 17.1. The highest BCUT2D eigenvalue weighted by Crippen LogP contribution is 2.27. The van der Waals surface area contributed by atoms with Gasteiger partial charge in [0.2, 0.25) is 0 Å². The lowest BCUT2D eigenvalue weighted by molar-refractivity contribution is 0.0722. The molecule has 4 aromatic rings. The number of aromatic nitrogens is 1. The van der Waals surface area contributed by atoms with Crippen molar-refractivity contribution in [1.29, 1.82) is 0 Å². The van der Waals surface area contributed by atoms with E-state index in [0.717, 1.165) is 26.3 Å². The Balaban J connectivity index is 1.64. The molecule has 5 heteroatoms. The van der Waals surface area contributed by atoms with Crippen molar-refractivity contribution in [3.8, 4) is 0 Å². The fourth-order valence-corrected chi connectivity index (χ4v) is 3.78. The molecule has 4 nitrogen and oxygen atoms in total. The summed E-state index contributed by atoms with van der Waals surface area (Å²) in [5.41, 5.74) is 0.989. The molecule has 0 aliphatic rings. The fourth-order valence-electron chi connectivity index (χ4n) is 2.75. The number of carbonyl (C=O) groups excluding carboxylic acids is 1. The molecule has 0 aliphatic heterocycles. The van der Waals surface area contributed by atoms with E-state index in [1.165, 1.54) is 11.3 Å². The molecular weight excluding hydrogens is 332 g/mol. The predicted octanol–water partition coefficient (Wildman–Crippen LogP) is 4.73. The van der Waals surface area contributed by atoms with Crippen molar-refractivity contribution in [3.63, 3.8) is 0 Å². The Morgan fingerprint density at radius 2 is 2.00 bits per heavy atom. The number of furan rings is 1. The Morgan fingerprint density at radius 1 is 1.08 bits per heavy atom. The number of nitrogens with zero attached hydrogens (tertiary/aromatic N) is 2. The molecule has 3 heterocycles. The van der Waals surface area contributed by atoms with Crippen molar-refractivity contribution < 1.29 is 9.21 Å². The van der Waals surface area contributed by atoms with Gasteiger partial charge in [-0.15, -0.1) is 11.3 Å². The molecule has 0 atom stereocenters. The smallest absolute Gasteiger partial charge is 0.264 e. The van der Waals surface area contributed by atoms with E-state index in [0.29, 0.717) is 13.1 Å². The quantitative estimate of drug-likeness (QED) is 0.524. The van der Waals surface area contributed by atoms with E-state index in [9.17, 15) is 4.79 Å². The summed E-state index contributed by atoms with van der Waals surface area (Å²) in [4.78, 5) is 19.8. The van der Waals surface area contributed by atoms with Crippen LogP contribution in [0.4, 0.5) is 0 Å². The second-order valence-corrected chi connectivity index (χ2v) is 6.83.